The normalized spacial score (nSPS) is 19.9. The van der Waals surface area contributed by atoms with Crippen LogP contribution in [-0.4, -0.2) is 61.8 Å². The molecule has 10 heteroatoms. The number of fused-ring (bicyclic) bond motifs is 2. The predicted molar refractivity (Wildman–Crippen MR) is 115 cm³/mol. The number of aromatic nitrogens is 5. The third-order valence-electron chi connectivity index (χ3n) is 6.17. The maximum atomic E-state index is 12.6. The number of nitrogens with zero attached hydrogens (tertiary/aromatic N) is 7. The minimum atomic E-state index is -0.177. The zero-order chi connectivity index (χ0) is 21.5. The van der Waals surface area contributed by atoms with Crippen molar-refractivity contribution in [1.29, 1.82) is 5.26 Å². The number of nitrogens with one attached hydrogen (secondary N) is 2. The number of likely N-dealkylation sites (tertiary alicyclic amines) is 1. The molecular weight excluding hydrogens is 394 g/mol. The first-order chi connectivity index (χ1) is 15.1. The Bertz CT molecular complexity index is 1220. The molecule has 1 aliphatic heterocycles. The molecule has 0 saturated carbocycles. The van der Waals surface area contributed by atoms with Crippen molar-refractivity contribution >= 4 is 28.7 Å². The van der Waals surface area contributed by atoms with E-state index in [1.165, 1.54) is 5.57 Å². The number of H-pyrrole nitrogens is 1. The van der Waals surface area contributed by atoms with Gasteiger partial charge in [-0.15, -0.1) is 5.10 Å². The largest absolute Gasteiger partial charge is 0.366 e. The fourth-order valence-corrected chi connectivity index (χ4v) is 4.54. The van der Waals surface area contributed by atoms with Crippen LogP contribution in [0.2, 0.25) is 0 Å². The summed E-state index contributed by atoms with van der Waals surface area (Å²) in [6.07, 6.45) is 8.20. The van der Waals surface area contributed by atoms with E-state index >= 15 is 0 Å². The number of nitriles is 1. The standard InChI is InChI=1S/C21H23N9O/c1-3-30-12-25-20(27-30)26-21(31)29-10-13-6-16(7-14(13)11-29)28(2)18-15(8-22)9-24-19-17(18)4-5-23-19/h4-6,9,12,14,16H,3,7,10-11H2,1-2H3,(H,23,24)(H,26,27,31). The van der Waals surface area contributed by atoms with Gasteiger partial charge in [-0.1, -0.05) is 6.08 Å². The van der Waals surface area contributed by atoms with Gasteiger partial charge in [0.05, 0.1) is 11.3 Å². The molecule has 2 N–H and O–H groups in total. The molecule has 0 radical (unpaired) electrons. The van der Waals surface area contributed by atoms with Gasteiger partial charge in [0.2, 0.25) is 5.95 Å². The Morgan fingerprint density at radius 2 is 2.32 bits per heavy atom. The molecular formula is C21H23N9O. The van der Waals surface area contributed by atoms with Crippen molar-refractivity contribution in [3.63, 3.8) is 0 Å². The summed E-state index contributed by atoms with van der Waals surface area (Å²) in [5, 5.41) is 17.5. The number of rotatable bonds is 4. The van der Waals surface area contributed by atoms with Crippen molar-refractivity contribution in [2.45, 2.75) is 25.9 Å². The second kappa shape index (κ2) is 7.43. The van der Waals surface area contributed by atoms with Crippen LogP contribution in [0.3, 0.4) is 0 Å². The molecule has 2 aliphatic rings. The zero-order valence-corrected chi connectivity index (χ0v) is 17.4. The molecule has 2 atom stereocenters. The number of carbonyl (C=O) groups excluding carboxylic acids is 1. The topological polar surface area (TPSA) is 119 Å². The van der Waals surface area contributed by atoms with Crippen molar-refractivity contribution in [3.8, 4) is 6.07 Å². The lowest BCUT2D eigenvalue weighted by Crippen LogP contribution is -2.35. The first kappa shape index (κ1) is 19.1. The van der Waals surface area contributed by atoms with Gasteiger partial charge in [0.15, 0.2) is 0 Å². The molecule has 1 fully saturated rings. The van der Waals surface area contributed by atoms with E-state index < -0.39 is 0 Å². The molecule has 2 amide bonds. The molecule has 1 aliphatic carbocycles. The molecule has 0 spiro atoms. The van der Waals surface area contributed by atoms with E-state index in [4.69, 9.17) is 0 Å². The lowest BCUT2D eigenvalue weighted by atomic mass is 10.0. The van der Waals surface area contributed by atoms with Gasteiger partial charge in [0.1, 0.15) is 18.0 Å². The van der Waals surface area contributed by atoms with Gasteiger partial charge in [-0.05, 0) is 25.0 Å². The van der Waals surface area contributed by atoms with E-state index in [1.807, 2.05) is 26.2 Å². The lowest BCUT2D eigenvalue weighted by molar-refractivity contribution is 0.220. The first-order valence-corrected chi connectivity index (χ1v) is 10.3. The molecule has 4 heterocycles. The van der Waals surface area contributed by atoms with Crippen LogP contribution < -0.4 is 10.2 Å². The van der Waals surface area contributed by atoms with Gasteiger partial charge >= 0.3 is 6.03 Å². The van der Waals surface area contributed by atoms with Crippen molar-refractivity contribution < 1.29 is 4.79 Å². The summed E-state index contributed by atoms with van der Waals surface area (Å²) < 4.78 is 1.67. The monoisotopic (exact) mass is 417 g/mol. The summed E-state index contributed by atoms with van der Waals surface area (Å²) in [5.41, 5.74) is 3.48. The van der Waals surface area contributed by atoms with Crippen LogP contribution in [0.25, 0.3) is 11.0 Å². The minimum Gasteiger partial charge on any atom is -0.366 e. The van der Waals surface area contributed by atoms with Crippen LogP contribution in [-0.2, 0) is 6.54 Å². The number of hydrogen-bond acceptors (Lipinski definition) is 6. The van der Waals surface area contributed by atoms with Gasteiger partial charge < -0.3 is 14.8 Å². The molecule has 3 aromatic heterocycles. The summed E-state index contributed by atoms with van der Waals surface area (Å²) >= 11 is 0. The number of amides is 2. The van der Waals surface area contributed by atoms with E-state index in [0.29, 0.717) is 37.1 Å². The number of carbonyl (C=O) groups is 1. The Hall–Kier alpha value is -3.87. The third-order valence-corrected chi connectivity index (χ3v) is 6.17. The first-order valence-electron chi connectivity index (χ1n) is 10.3. The van der Waals surface area contributed by atoms with Crippen molar-refractivity contribution in [2.24, 2.45) is 5.92 Å². The number of aryl methyl sites for hydroxylation is 1. The van der Waals surface area contributed by atoms with Crippen LogP contribution in [0.5, 0.6) is 0 Å². The Balaban J connectivity index is 1.31. The summed E-state index contributed by atoms with van der Waals surface area (Å²) in [5.74, 6) is 0.640. The number of anilines is 2. The predicted octanol–water partition coefficient (Wildman–Crippen LogP) is 2.34. The van der Waals surface area contributed by atoms with Crippen LogP contribution in [0.4, 0.5) is 16.4 Å². The van der Waals surface area contributed by atoms with E-state index in [9.17, 15) is 10.1 Å². The number of urea groups is 1. The number of hydrogen-bond donors (Lipinski definition) is 2. The zero-order valence-electron chi connectivity index (χ0n) is 17.4. The van der Waals surface area contributed by atoms with Crippen LogP contribution in [0, 0.1) is 17.2 Å². The minimum absolute atomic E-state index is 0.166. The van der Waals surface area contributed by atoms with Gasteiger partial charge in [-0.2, -0.15) is 5.26 Å². The molecule has 31 heavy (non-hydrogen) atoms. The Labute approximate surface area is 179 Å². The molecule has 3 aromatic rings. The molecule has 0 bridgehead atoms. The lowest BCUT2D eigenvalue weighted by Gasteiger charge is -2.28. The quantitative estimate of drug-likeness (QED) is 0.629. The number of aromatic amines is 1. The van der Waals surface area contributed by atoms with E-state index in [0.717, 1.165) is 23.1 Å². The maximum absolute atomic E-state index is 12.6. The Kier molecular flexibility index (Phi) is 4.58. The van der Waals surface area contributed by atoms with E-state index in [1.54, 1.807) is 22.1 Å². The Morgan fingerprint density at radius 3 is 3.06 bits per heavy atom. The van der Waals surface area contributed by atoms with Gasteiger partial charge in [0, 0.05) is 56.4 Å². The molecule has 2 unspecified atom stereocenters. The highest BCUT2D eigenvalue weighted by molar-refractivity contribution is 5.93. The summed E-state index contributed by atoms with van der Waals surface area (Å²) in [4.78, 5) is 28.1. The second-order valence-electron chi connectivity index (χ2n) is 7.96. The maximum Gasteiger partial charge on any atom is 0.324 e. The van der Waals surface area contributed by atoms with Gasteiger partial charge in [0.25, 0.3) is 0 Å². The molecule has 158 valence electrons. The second-order valence-corrected chi connectivity index (χ2v) is 7.96. The van der Waals surface area contributed by atoms with Crippen molar-refractivity contribution in [2.75, 3.05) is 30.4 Å². The van der Waals surface area contributed by atoms with Crippen LogP contribution in [0.15, 0.2) is 36.4 Å². The third kappa shape index (κ3) is 3.28. The van der Waals surface area contributed by atoms with E-state index in [2.05, 4.69) is 42.4 Å². The fourth-order valence-electron chi connectivity index (χ4n) is 4.54. The number of pyridine rings is 1. The SMILES string of the molecule is CCn1cnc(NC(=O)N2CC3=CC(N(C)c4c(C#N)cnc5[nH]ccc45)CC3C2)n1. The Morgan fingerprint density at radius 1 is 1.45 bits per heavy atom. The van der Waals surface area contributed by atoms with Gasteiger partial charge in [-0.25, -0.2) is 14.8 Å². The van der Waals surface area contributed by atoms with Gasteiger partial charge in [-0.3, -0.25) is 10.00 Å². The average Bonchev–Trinajstić information content (AvgIpc) is 3.54. The molecule has 0 aromatic carbocycles. The van der Waals surface area contributed by atoms with Crippen LogP contribution >= 0.6 is 0 Å². The van der Waals surface area contributed by atoms with Crippen molar-refractivity contribution in [1.82, 2.24) is 29.6 Å². The van der Waals surface area contributed by atoms with Crippen LogP contribution in [0.1, 0.15) is 18.9 Å². The molecule has 1 saturated heterocycles. The summed E-state index contributed by atoms with van der Waals surface area (Å²) in [6.45, 7) is 3.93. The number of likely N-dealkylation sites (N-methyl/N-ethyl adjacent to an activating group) is 1. The highest BCUT2D eigenvalue weighted by Crippen LogP contribution is 2.38. The molecule has 5 rings (SSSR count). The van der Waals surface area contributed by atoms with E-state index in [-0.39, 0.29) is 12.1 Å². The average molecular weight is 417 g/mol. The summed E-state index contributed by atoms with van der Waals surface area (Å²) in [7, 11) is 2.02. The molecule has 10 nitrogen and oxygen atoms in total. The fraction of sp³-hybridized carbons (Fsp3) is 0.381. The highest BCUT2D eigenvalue weighted by atomic mass is 16.2. The smallest absolute Gasteiger partial charge is 0.324 e. The highest BCUT2D eigenvalue weighted by Gasteiger charge is 2.38. The van der Waals surface area contributed by atoms with Crippen molar-refractivity contribution in [3.05, 3.63) is 42.0 Å². The summed E-state index contributed by atoms with van der Waals surface area (Å²) in [6, 6.07) is 4.22.